The predicted molar refractivity (Wildman–Crippen MR) is 89.5 cm³/mol. The number of rotatable bonds is 7. The Morgan fingerprint density at radius 2 is 2.08 bits per heavy atom. The fourth-order valence-corrected chi connectivity index (χ4v) is 2.62. The zero-order valence-corrected chi connectivity index (χ0v) is 14.1. The maximum atomic E-state index is 11.9. The second-order valence-corrected chi connectivity index (χ2v) is 5.90. The van der Waals surface area contributed by atoms with Crippen molar-refractivity contribution in [2.45, 2.75) is 19.2 Å². The van der Waals surface area contributed by atoms with E-state index in [2.05, 4.69) is 15.2 Å². The Kier molecular flexibility index (Phi) is 5.05. The summed E-state index contributed by atoms with van der Waals surface area (Å²) in [5, 5.41) is 18.2. The van der Waals surface area contributed by atoms with E-state index in [1.165, 1.54) is 10.9 Å². The van der Waals surface area contributed by atoms with Gasteiger partial charge in [-0.1, -0.05) is 35.5 Å². The minimum absolute atomic E-state index is 0.0930. The smallest absolute Gasteiger partial charge is 0.390 e. The first kappa shape index (κ1) is 17.1. The molecule has 0 bridgehead atoms. The molecule has 3 aromatic rings. The van der Waals surface area contributed by atoms with Crippen molar-refractivity contribution >= 4 is 0 Å². The van der Waals surface area contributed by atoms with Crippen LogP contribution in [0.1, 0.15) is 5.82 Å². The lowest BCUT2D eigenvalue weighted by Crippen LogP contribution is -2.34. The van der Waals surface area contributed by atoms with Gasteiger partial charge in [0.2, 0.25) is 0 Å². The number of aliphatic hydroxyl groups excluding tert-OH is 1. The quantitative estimate of drug-likeness (QED) is 0.649. The average Bonchev–Trinajstić information content (AvgIpc) is 3.15. The van der Waals surface area contributed by atoms with Gasteiger partial charge in [-0.3, -0.25) is 18.7 Å². The lowest BCUT2D eigenvalue weighted by molar-refractivity contribution is 0.104. The van der Waals surface area contributed by atoms with Crippen LogP contribution in [0.25, 0.3) is 11.4 Å². The molecule has 0 aliphatic carbocycles. The fourth-order valence-electron chi connectivity index (χ4n) is 2.62. The minimum Gasteiger partial charge on any atom is -0.390 e. The Labute approximate surface area is 144 Å². The van der Waals surface area contributed by atoms with Gasteiger partial charge in [0, 0.05) is 19.2 Å². The SMILES string of the molecule is CN(Cc1ncnn1C)CC(O)Cn1c(-c2ccccc2)noc1=O. The molecule has 25 heavy (non-hydrogen) atoms. The maximum absolute atomic E-state index is 11.9. The molecule has 0 aliphatic heterocycles. The highest BCUT2D eigenvalue weighted by atomic mass is 16.5. The van der Waals surface area contributed by atoms with Crippen LogP contribution >= 0.6 is 0 Å². The normalized spacial score (nSPS) is 12.6. The third kappa shape index (κ3) is 4.01. The highest BCUT2D eigenvalue weighted by molar-refractivity contribution is 5.54. The van der Waals surface area contributed by atoms with Crippen molar-refractivity contribution in [3.05, 3.63) is 53.0 Å². The first-order chi connectivity index (χ1) is 12.0. The summed E-state index contributed by atoms with van der Waals surface area (Å²) in [7, 11) is 3.68. The highest BCUT2D eigenvalue weighted by Crippen LogP contribution is 2.15. The van der Waals surface area contributed by atoms with Crippen LogP contribution in [0.4, 0.5) is 0 Å². The summed E-state index contributed by atoms with van der Waals surface area (Å²) in [4.78, 5) is 18.0. The van der Waals surface area contributed by atoms with Crippen molar-refractivity contribution in [1.29, 1.82) is 0 Å². The van der Waals surface area contributed by atoms with Crippen molar-refractivity contribution < 1.29 is 9.63 Å². The first-order valence-corrected chi connectivity index (χ1v) is 7.86. The minimum atomic E-state index is -0.766. The van der Waals surface area contributed by atoms with E-state index in [4.69, 9.17) is 4.52 Å². The summed E-state index contributed by atoms with van der Waals surface area (Å²) in [6, 6.07) is 9.25. The van der Waals surface area contributed by atoms with Crippen molar-refractivity contribution in [2.24, 2.45) is 7.05 Å². The lowest BCUT2D eigenvalue weighted by atomic mass is 10.2. The number of aromatic nitrogens is 5. The molecule has 3 rings (SSSR count). The van der Waals surface area contributed by atoms with Crippen LogP contribution in [0, 0.1) is 0 Å². The van der Waals surface area contributed by atoms with Crippen LogP contribution in [0.5, 0.6) is 0 Å². The summed E-state index contributed by atoms with van der Waals surface area (Å²) in [5.41, 5.74) is 0.757. The van der Waals surface area contributed by atoms with E-state index in [9.17, 15) is 9.90 Å². The number of aliphatic hydroxyl groups is 1. The molecule has 1 aromatic carbocycles. The first-order valence-electron chi connectivity index (χ1n) is 7.86. The van der Waals surface area contributed by atoms with E-state index in [0.29, 0.717) is 18.9 Å². The molecule has 0 spiro atoms. The zero-order valence-electron chi connectivity index (χ0n) is 14.1. The van der Waals surface area contributed by atoms with Crippen LogP contribution < -0.4 is 5.76 Å². The molecule has 132 valence electrons. The summed E-state index contributed by atoms with van der Waals surface area (Å²) < 4.78 is 7.79. The fraction of sp³-hybridized carbons (Fsp3) is 0.375. The third-order valence-electron chi connectivity index (χ3n) is 3.85. The topological polar surface area (TPSA) is 102 Å². The van der Waals surface area contributed by atoms with Gasteiger partial charge in [0.15, 0.2) is 5.82 Å². The van der Waals surface area contributed by atoms with Gasteiger partial charge in [-0.25, -0.2) is 9.78 Å². The largest absolute Gasteiger partial charge is 0.441 e. The molecule has 0 radical (unpaired) electrons. The molecule has 1 N–H and O–H groups in total. The van der Waals surface area contributed by atoms with Gasteiger partial charge in [0.05, 0.1) is 19.2 Å². The van der Waals surface area contributed by atoms with Crippen molar-refractivity contribution in [3.63, 3.8) is 0 Å². The van der Waals surface area contributed by atoms with Gasteiger partial charge >= 0.3 is 5.76 Å². The van der Waals surface area contributed by atoms with Crippen LogP contribution in [-0.2, 0) is 20.1 Å². The number of hydrogen-bond acceptors (Lipinski definition) is 7. The van der Waals surface area contributed by atoms with Gasteiger partial charge < -0.3 is 5.11 Å². The van der Waals surface area contributed by atoms with Crippen LogP contribution in [-0.4, -0.2) is 54.2 Å². The van der Waals surface area contributed by atoms with Gasteiger partial charge in [0.1, 0.15) is 12.2 Å². The molecule has 0 aliphatic rings. The molecule has 9 nitrogen and oxygen atoms in total. The van der Waals surface area contributed by atoms with Crippen LogP contribution in [0.2, 0.25) is 0 Å². The van der Waals surface area contributed by atoms with Gasteiger partial charge in [-0.2, -0.15) is 5.10 Å². The highest BCUT2D eigenvalue weighted by Gasteiger charge is 2.18. The Morgan fingerprint density at radius 3 is 2.76 bits per heavy atom. The number of aryl methyl sites for hydroxylation is 1. The maximum Gasteiger partial charge on any atom is 0.441 e. The van der Waals surface area contributed by atoms with E-state index in [1.807, 2.05) is 49.3 Å². The van der Waals surface area contributed by atoms with Gasteiger partial charge in [-0.05, 0) is 7.05 Å². The Balaban J connectivity index is 1.67. The molecule has 9 heteroatoms. The monoisotopic (exact) mass is 344 g/mol. The third-order valence-corrected chi connectivity index (χ3v) is 3.85. The van der Waals surface area contributed by atoms with E-state index >= 15 is 0 Å². The Bertz CT molecular complexity index is 869. The molecular formula is C16H20N6O3. The summed E-state index contributed by atoms with van der Waals surface area (Å²) >= 11 is 0. The average molecular weight is 344 g/mol. The van der Waals surface area contributed by atoms with Crippen molar-refractivity contribution in [3.8, 4) is 11.4 Å². The predicted octanol–water partition coefficient (Wildman–Crippen LogP) is 0.125. The molecule has 0 fully saturated rings. The number of benzene rings is 1. The number of nitrogens with zero attached hydrogens (tertiary/aromatic N) is 6. The standard InChI is InChI=1S/C16H20N6O3/c1-20(10-14-17-11-18-21(14)2)8-13(23)9-22-15(19-25-16(22)24)12-6-4-3-5-7-12/h3-7,11,13,23H,8-10H2,1-2H3. The van der Waals surface area contributed by atoms with Crippen LogP contribution in [0.15, 0.2) is 46.0 Å². The molecule has 2 heterocycles. The lowest BCUT2D eigenvalue weighted by Gasteiger charge is -2.20. The molecule has 0 saturated heterocycles. The molecular weight excluding hydrogens is 324 g/mol. The number of likely N-dealkylation sites (N-methyl/N-ethyl adjacent to an activating group) is 1. The number of hydrogen-bond donors (Lipinski definition) is 1. The van der Waals surface area contributed by atoms with E-state index in [-0.39, 0.29) is 6.54 Å². The van der Waals surface area contributed by atoms with E-state index in [0.717, 1.165) is 11.4 Å². The molecule has 2 aromatic heterocycles. The van der Waals surface area contributed by atoms with E-state index in [1.54, 1.807) is 4.68 Å². The van der Waals surface area contributed by atoms with Gasteiger partial charge in [-0.15, -0.1) is 0 Å². The second kappa shape index (κ2) is 7.41. The molecule has 0 saturated carbocycles. The van der Waals surface area contributed by atoms with E-state index < -0.39 is 11.9 Å². The molecule has 0 amide bonds. The van der Waals surface area contributed by atoms with Gasteiger partial charge in [0.25, 0.3) is 0 Å². The summed E-state index contributed by atoms with van der Waals surface area (Å²) in [6.07, 6.45) is 0.723. The second-order valence-electron chi connectivity index (χ2n) is 5.90. The van der Waals surface area contributed by atoms with Crippen LogP contribution in [0.3, 0.4) is 0 Å². The van der Waals surface area contributed by atoms with Crippen molar-refractivity contribution in [2.75, 3.05) is 13.6 Å². The summed E-state index contributed by atoms with van der Waals surface area (Å²) in [5.74, 6) is 0.608. The Hall–Kier alpha value is -2.78. The molecule has 1 atom stereocenters. The zero-order chi connectivity index (χ0) is 17.8. The molecule has 1 unspecified atom stereocenters. The Morgan fingerprint density at radius 1 is 1.32 bits per heavy atom. The summed E-state index contributed by atoms with van der Waals surface area (Å²) in [6.45, 7) is 0.992. The van der Waals surface area contributed by atoms with Crippen molar-refractivity contribution in [1.82, 2.24) is 29.4 Å².